The zero-order valence-corrected chi connectivity index (χ0v) is 9.38. The van der Waals surface area contributed by atoms with Crippen LogP contribution in [0.3, 0.4) is 0 Å². The second kappa shape index (κ2) is 5.27. The Balaban J connectivity index is 2.56. The monoisotopic (exact) mass is 230 g/mol. The molecule has 15 heavy (non-hydrogen) atoms. The molecule has 84 valence electrons. The molecule has 5 nitrogen and oxygen atoms in total. The Hall–Kier alpha value is -0.880. The van der Waals surface area contributed by atoms with Gasteiger partial charge >= 0.3 is 0 Å². The number of hydrogen-bond acceptors (Lipinski definition) is 5. The maximum Gasteiger partial charge on any atom is 0.236 e. The number of carbonyl (C=O) groups excluding carboxylic acids is 3. The minimum atomic E-state index is -1.30. The molecule has 0 aromatic heterocycles. The van der Waals surface area contributed by atoms with Crippen LogP contribution in [0.25, 0.3) is 0 Å². The second-order valence-electron chi connectivity index (χ2n) is 3.49. The highest BCUT2D eigenvalue weighted by atomic mass is 32.2. The van der Waals surface area contributed by atoms with Gasteiger partial charge in [-0.05, 0) is 31.7 Å². The molecule has 0 aliphatic carbocycles. The van der Waals surface area contributed by atoms with E-state index in [0.29, 0.717) is 0 Å². The normalized spacial score (nSPS) is 18.7. The Morgan fingerprint density at radius 2 is 1.80 bits per heavy atom. The molecule has 1 saturated heterocycles. The van der Waals surface area contributed by atoms with Crippen LogP contribution in [-0.4, -0.2) is 34.2 Å². The zero-order valence-electron chi connectivity index (χ0n) is 8.56. The van der Waals surface area contributed by atoms with Crippen LogP contribution in [0.15, 0.2) is 0 Å². The number of primary amides is 1. The molecule has 2 N–H and O–H groups in total. The number of rotatable bonds is 4. The van der Waals surface area contributed by atoms with Gasteiger partial charge in [0.2, 0.25) is 11.0 Å². The highest BCUT2D eigenvalue weighted by molar-refractivity contribution is 8.11. The van der Waals surface area contributed by atoms with E-state index in [0.717, 1.165) is 37.9 Å². The van der Waals surface area contributed by atoms with Gasteiger partial charge in [-0.15, -0.1) is 0 Å². The molecule has 0 saturated carbocycles. The fraction of sp³-hybridized carbons (Fsp3) is 0.667. The molecule has 1 aliphatic rings. The molecule has 1 rings (SSSR count). The highest BCUT2D eigenvalue weighted by Gasteiger charge is 2.31. The lowest BCUT2D eigenvalue weighted by molar-refractivity contribution is -0.135. The Kier molecular flexibility index (Phi) is 4.28. The number of Topliss-reactive ketones (excluding diaryl/α,β-unsaturated/α-hetero) is 1. The van der Waals surface area contributed by atoms with Crippen LogP contribution in [0.5, 0.6) is 0 Å². The van der Waals surface area contributed by atoms with Gasteiger partial charge in [0.1, 0.15) is 0 Å². The lowest BCUT2D eigenvalue weighted by atomic mass is 10.1. The SMILES string of the molecule is CC(=O)C(C(N)=O)C(=O)SN1CCCC1. The van der Waals surface area contributed by atoms with Crippen molar-refractivity contribution in [2.45, 2.75) is 19.8 Å². The first-order valence-electron chi connectivity index (χ1n) is 4.79. The summed E-state index contributed by atoms with van der Waals surface area (Å²) in [6.07, 6.45) is 2.09. The molecule has 6 heteroatoms. The lowest BCUT2D eigenvalue weighted by Gasteiger charge is -2.14. The molecular weight excluding hydrogens is 216 g/mol. The highest BCUT2D eigenvalue weighted by Crippen LogP contribution is 2.22. The third kappa shape index (κ3) is 3.32. The van der Waals surface area contributed by atoms with Gasteiger partial charge < -0.3 is 5.73 Å². The summed E-state index contributed by atoms with van der Waals surface area (Å²) in [5.74, 6) is -2.64. The van der Waals surface area contributed by atoms with Gasteiger partial charge in [-0.25, -0.2) is 4.31 Å². The minimum absolute atomic E-state index is 0.461. The number of amides is 1. The predicted octanol–water partition coefficient (Wildman–Crippen LogP) is -0.0525. The first-order valence-corrected chi connectivity index (χ1v) is 5.56. The Labute approximate surface area is 92.5 Å². The van der Waals surface area contributed by atoms with Crippen LogP contribution >= 0.6 is 11.9 Å². The average molecular weight is 230 g/mol. The summed E-state index contributed by atoms with van der Waals surface area (Å²) in [5, 5.41) is -0.461. The van der Waals surface area contributed by atoms with E-state index in [1.807, 2.05) is 4.31 Å². The van der Waals surface area contributed by atoms with E-state index in [4.69, 9.17) is 5.73 Å². The van der Waals surface area contributed by atoms with Gasteiger partial charge in [0.05, 0.1) is 0 Å². The van der Waals surface area contributed by atoms with Gasteiger partial charge in [0.15, 0.2) is 11.7 Å². The van der Waals surface area contributed by atoms with Crippen molar-refractivity contribution in [2.24, 2.45) is 11.7 Å². The van der Waals surface area contributed by atoms with Gasteiger partial charge in [0, 0.05) is 13.1 Å². The van der Waals surface area contributed by atoms with E-state index in [1.54, 1.807) is 0 Å². The quantitative estimate of drug-likeness (QED) is 0.541. The third-order valence-corrected chi connectivity index (χ3v) is 3.25. The van der Waals surface area contributed by atoms with E-state index in [1.165, 1.54) is 6.92 Å². The third-order valence-electron chi connectivity index (χ3n) is 2.21. The number of nitrogens with zero attached hydrogens (tertiary/aromatic N) is 1. The summed E-state index contributed by atoms with van der Waals surface area (Å²) in [6, 6.07) is 0. The lowest BCUT2D eigenvalue weighted by Crippen LogP contribution is -2.35. The fourth-order valence-corrected chi connectivity index (χ4v) is 2.52. The first-order chi connectivity index (χ1) is 7.02. The van der Waals surface area contributed by atoms with Crippen LogP contribution < -0.4 is 5.73 Å². The maximum atomic E-state index is 11.6. The van der Waals surface area contributed by atoms with Crippen LogP contribution in [0.4, 0.5) is 0 Å². The summed E-state index contributed by atoms with van der Waals surface area (Å²) >= 11 is 0.945. The number of carbonyl (C=O) groups is 3. The summed E-state index contributed by atoms with van der Waals surface area (Å²) in [4.78, 5) is 33.5. The van der Waals surface area contributed by atoms with Crippen LogP contribution in [-0.2, 0) is 14.4 Å². The minimum Gasteiger partial charge on any atom is -0.369 e. The van der Waals surface area contributed by atoms with Crippen LogP contribution in [0, 0.1) is 5.92 Å². The number of hydrogen-bond donors (Lipinski definition) is 1. The van der Waals surface area contributed by atoms with E-state index in [-0.39, 0.29) is 0 Å². The van der Waals surface area contributed by atoms with E-state index >= 15 is 0 Å². The largest absolute Gasteiger partial charge is 0.369 e. The van der Waals surface area contributed by atoms with E-state index in [9.17, 15) is 14.4 Å². The fourth-order valence-electron chi connectivity index (χ4n) is 1.44. The smallest absolute Gasteiger partial charge is 0.236 e. The van der Waals surface area contributed by atoms with Gasteiger partial charge in [0.25, 0.3) is 0 Å². The van der Waals surface area contributed by atoms with Crippen molar-refractivity contribution in [2.75, 3.05) is 13.1 Å². The van der Waals surface area contributed by atoms with Gasteiger partial charge in [-0.1, -0.05) is 0 Å². The molecule has 0 spiro atoms. The Morgan fingerprint density at radius 3 is 2.20 bits per heavy atom. The first kappa shape index (κ1) is 12.2. The maximum absolute atomic E-state index is 11.6. The van der Waals surface area contributed by atoms with E-state index < -0.39 is 22.7 Å². The topological polar surface area (TPSA) is 80.5 Å². The molecule has 0 aromatic carbocycles. The molecular formula is C9H14N2O3S. The molecule has 1 atom stereocenters. The molecule has 1 unspecified atom stereocenters. The van der Waals surface area contributed by atoms with Crippen LogP contribution in [0.1, 0.15) is 19.8 Å². The number of nitrogens with two attached hydrogens (primary N) is 1. The Morgan fingerprint density at radius 1 is 1.27 bits per heavy atom. The van der Waals surface area contributed by atoms with Crippen molar-refractivity contribution in [3.05, 3.63) is 0 Å². The Bertz CT molecular complexity index is 273. The zero-order chi connectivity index (χ0) is 11.4. The molecule has 1 fully saturated rings. The van der Waals surface area contributed by atoms with Crippen molar-refractivity contribution >= 4 is 28.8 Å². The van der Waals surface area contributed by atoms with Crippen molar-refractivity contribution in [3.63, 3.8) is 0 Å². The summed E-state index contributed by atoms with van der Waals surface area (Å²) in [6.45, 7) is 2.84. The molecule has 1 aliphatic heterocycles. The van der Waals surface area contributed by atoms with Crippen molar-refractivity contribution in [1.29, 1.82) is 0 Å². The molecule has 0 bridgehead atoms. The predicted molar refractivity (Wildman–Crippen MR) is 56.8 cm³/mol. The van der Waals surface area contributed by atoms with Crippen molar-refractivity contribution in [3.8, 4) is 0 Å². The van der Waals surface area contributed by atoms with Gasteiger partial charge in [-0.2, -0.15) is 0 Å². The summed E-state index contributed by atoms with van der Waals surface area (Å²) in [7, 11) is 0. The van der Waals surface area contributed by atoms with Crippen molar-refractivity contribution < 1.29 is 14.4 Å². The molecule has 0 aromatic rings. The average Bonchev–Trinajstić information content (AvgIpc) is 2.54. The van der Waals surface area contributed by atoms with E-state index in [2.05, 4.69) is 0 Å². The van der Waals surface area contributed by atoms with Crippen molar-refractivity contribution in [1.82, 2.24) is 4.31 Å². The molecule has 1 heterocycles. The molecule has 1 amide bonds. The summed E-state index contributed by atoms with van der Waals surface area (Å²) in [5.41, 5.74) is 5.00. The van der Waals surface area contributed by atoms with Crippen LogP contribution in [0.2, 0.25) is 0 Å². The standard InChI is InChI=1S/C9H14N2O3S/c1-6(12)7(8(10)13)9(14)15-11-4-2-3-5-11/h7H,2-5H2,1H3,(H2,10,13). The second-order valence-corrected chi connectivity index (χ2v) is 4.59. The molecule has 0 radical (unpaired) electrons. The summed E-state index contributed by atoms with van der Waals surface area (Å²) < 4.78 is 1.86. The number of ketones is 1. The van der Waals surface area contributed by atoms with Gasteiger partial charge in [-0.3, -0.25) is 14.4 Å².